The summed E-state index contributed by atoms with van der Waals surface area (Å²) < 4.78 is 1.75. The van der Waals surface area contributed by atoms with E-state index in [1.54, 1.807) is 10.9 Å². The van der Waals surface area contributed by atoms with Crippen molar-refractivity contribution >= 4 is 34.5 Å². The van der Waals surface area contributed by atoms with Crippen LogP contribution in [0.5, 0.6) is 0 Å². The SMILES string of the molecule is CSc1nc(NCC(C)C)c2cnn(CCNC(=O)c3ccc(=O)[nH]c3)c2n1. The van der Waals surface area contributed by atoms with E-state index in [0.29, 0.717) is 29.7 Å². The zero-order valence-corrected chi connectivity index (χ0v) is 16.8. The summed E-state index contributed by atoms with van der Waals surface area (Å²) in [5.74, 6) is 0.999. The number of aromatic amines is 1. The molecule has 0 atom stereocenters. The zero-order valence-electron chi connectivity index (χ0n) is 16.0. The van der Waals surface area contributed by atoms with E-state index in [0.717, 1.165) is 23.4 Å². The summed E-state index contributed by atoms with van der Waals surface area (Å²) in [6.45, 7) is 5.92. The van der Waals surface area contributed by atoms with Gasteiger partial charge in [-0.25, -0.2) is 14.6 Å². The second-order valence-corrected chi connectivity index (χ2v) is 7.41. The zero-order chi connectivity index (χ0) is 20.1. The molecule has 0 aromatic carbocycles. The van der Waals surface area contributed by atoms with Gasteiger partial charge in [-0.15, -0.1) is 0 Å². The Kier molecular flexibility index (Phi) is 6.30. The van der Waals surface area contributed by atoms with Gasteiger partial charge in [0.05, 0.1) is 23.7 Å². The Hall–Kier alpha value is -2.88. The highest BCUT2D eigenvalue weighted by molar-refractivity contribution is 7.98. The van der Waals surface area contributed by atoms with E-state index >= 15 is 0 Å². The van der Waals surface area contributed by atoms with Gasteiger partial charge in [-0.2, -0.15) is 5.10 Å². The molecule has 148 valence electrons. The number of thioether (sulfide) groups is 1. The third-order valence-corrected chi connectivity index (χ3v) is 4.54. The summed E-state index contributed by atoms with van der Waals surface area (Å²) >= 11 is 1.47. The highest BCUT2D eigenvalue weighted by Gasteiger charge is 2.13. The maximum Gasteiger partial charge on any atom is 0.252 e. The number of rotatable bonds is 8. The average molecular weight is 401 g/mol. The number of anilines is 1. The molecule has 0 aliphatic carbocycles. The summed E-state index contributed by atoms with van der Waals surface area (Å²) in [5.41, 5.74) is 0.881. The normalized spacial score (nSPS) is 11.1. The van der Waals surface area contributed by atoms with Crippen molar-refractivity contribution in [3.05, 3.63) is 40.4 Å². The first-order valence-corrected chi connectivity index (χ1v) is 10.2. The minimum absolute atomic E-state index is 0.245. The Morgan fingerprint density at radius 3 is 2.82 bits per heavy atom. The lowest BCUT2D eigenvalue weighted by molar-refractivity contribution is 0.0951. The van der Waals surface area contributed by atoms with Crippen LogP contribution in [0.1, 0.15) is 24.2 Å². The number of carbonyl (C=O) groups excluding carboxylic acids is 1. The van der Waals surface area contributed by atoms with E-state index in [2.05, 4.69) is 44.5 Å². The number of aromatic nitrogens is 5. The second-order valence-electron chi connectivity index (χ2n) is 6.64. The molecular weight excluding hydrogens is 378 g/mol. The van der Waals surface area contributed by atoms with Crippen molar-refractivity contribution in [1.29, 1.82) is 0 Å². The highest BCUT2D eigenvalue weighted by Crippen LogP contribution is 2.23. The van der Waals surface area contributed by atoms with Crippen LogP contribution in [0.2, 0.25) is 0 Å². The van der Waals surface area contributed by atoms with E-state index in [-0.39, 0.29) is 11.5 Å². The van der Waals surface area contributed by atoms with Gasteiger partial charge in [-0.05, 0) is 18.2 Å². The fourth-order valence-corrected chi connectivity index (χ4v) is 2.92. The van der Waals surface area contributed by atoms with Crippen molar-refractivity contribution < 1.29 is 4.79 Å². The van der Waals surface area contributed by atoms with Crippen molar-refractivity contribution in [1.82, 2.24) is 30.0 Å². The first kappa shape index (κ1) is 19.9. The summed E-state index contributed by atoms with van der Waals surface area (Å²) in [6, 6.07) is 2.81. The minimum Gasteiger partial charge on any atom is -0.369 e. The third-order valence-electron chi connectivity index (χ3n) is 3.99. The summed E-state index contributed by atoms with van der Waals surface area (Å²) in [6.07, 6.45) is 5.07. The molecule has 1 amide bonds. The number of H-pyrrole nitrogens is 1. The molecule has 3 N–H and O–H groups in total. The van der Waals surface area contributed by atoms with Gasteiger partial charge in [0.15, 0.2) is 10.8 Å². The number of nitrogens with zero attached hydrogens (tertiary/aromatic N) is 4. The molecule has 0 fully saturated rings. The van der Waals surface area contributed by atoms with E-state index < -0.39 is 0 Å². The van der Waals surface area contributed by atoms with E-state index in [1.807, 2.05) is 6.26 Å². The number of fused-ring (bicyclic) bond motifs is 1. The summed E-state index contributed by atoms with van der Waals surface area (Å²) in [5, 5.41) is 12.1. The van der Waals surface area contributed by atoms with Crippen molar-refractivity contribution in [2.24, 2.45) is 5.92 Å². The molecule has 0 saturated carbocycles. The standard InChI is InChI=1S/C18H23N7O2S/c1-11(2)8-21-15-13-10-22-25(16(13)24-18(23-15)28-3)7-6-19-17(27)12-4-5-14(26)20-9-12/h4-5,9-11H,6-8H2,1-3H3,(H,19,27)(H,20,26)(H,21,23,24). The van der Waals surface area contributed by atoms with Crippen LogP contribution >= 0.6 is 11.8 Å². The van der Waals surface area contributed by atoms with Crippen molar-refractivity contribution in [3.63, 3.8) is 0 Å². The van der Waals surface area contributed by atoms with E-state index in [4.69, 9.17) is 0 Å². The fourth-order valence-electron chi connectivity index (χ4n) is 2.56. The predicted octanol–water partition coefficient (Wildman–Crippen LogP) is 1.73. The van der Waals surface area contributed by atoms with Crippen molar-refractivity contribution in [2.75, 3.05) is 24.7 Å². The van der Waals surface area contributed by atoms with Gasteiger partial charge in [0, 0.05) is 25.4 Å². The summed E-state index contributed by atoms with van der Waals surface area (Å²) in [7, 11) is 0. The number of hydrogen-bond acceptors (Lipinski definition) is 7. The van der Waals surface area contributed by atoms with Crippen LogP contribution in [0.25, 0.3) is 11.0 Å². The van der Waals surface area contributed by atoms with Crippen LogP contribution in [0, 0.1) is 5.92 Å². The molecule has 3 aromatic rings. The lowest BCUT2D eigenvalue weighted by Gasteiger charge is -2.10. The van der Waals surface area contributed by atoms with Gasteiger partial charge < -0.3 is 15.6 Å². The molecule has 0 aliphatic rings. The lowest BCUT2D eigenvalue weighted by atomic mass is 10.2. The van der Waals surface area contributed by atoms with Crippen molar-refractivity contribution in [3.8, 4) is 0 Å². The Bertz CT molecular complexity index is 1010. The Labute approximate surface area is 166 Å². The number of amides is 1. The topological polar surface area (TPSA) is 118 Å². The number of nitrogens with one attached hydrogen (secondary N) is 3. The van der Waals surface area contributed by atoms with Crippen LogP contribution in [0.3, 0.4) is 0 Å². The van der Waals surface area contributed by atoms with Gasteiger partial charge in [-0.1, -0.05) is 25.6 Å². The molecule has 28 heavy (non-hydrogen) atoms. The van der Waals surface area contributed by atoms with Crippen LogP contribution in [0.15, 0.2) is 34.5 Å². The Balaban J connectivity index is 1.72. The number of carbonyl (C=O) groups is 1. The molecular formula is C18H23N7O2S. The molecule has 3 rings (SSSR count). The fraction of sp³-hybridized carbons (Fsp3) is 0.389. The molecule has 3 heterocycles. The van der Waals surface area contributed by atoms with Gasteiger partial charge in [0.1, 0.15) is 5.82 Å². The molecule has 9 nitrogen and oxygen atoms in total. The second kappa shape index (κ2) is 8.87. The van der Waals surface area contributed by atoms with Crippen LogP contribution in [-0.4, -0.2) is 50.0 Å². The average Bonchev–Trinajstić information content (AvgIpc) is 3.09. The molecule has 0 radical (unpaired) electrons. The Morgan fingerprint density at radius 2 is 2.14 bits per heavy atom. The Morgan fingerprint density at radius 1 is 1.32 bits per heavy atom. The maximum atomic E-state index is 12.1. The van der Waals surface area contributed by atoms with Crippen molar-refractivity contribution in [2.45, 2.75) is 25.5 Å². The molecule has 0 aliphatic heterocycles. The third kappa shape index (κ3) is 4.69. The lowest BCUT2D eigenvalue weighted by Crippen LogP contribution is -2.28. The van der Waals surface area contributed by atoms with Gasteiger partial charge >= 0.3 is 0 Å². The molecule has 0 unspecified atom stereocenters. The van der Waals surface area contributed by atoms with E-state index in [9.17, 15) is 9.59 Å². The summed E-state index contributed by atoms with van der Waals surface area (Å²) in [4.78, 5) is 34.8. The van der Waals surface area contributed by atoms with E-state index in [1.165, 1.54) is 30.1 Å². The minimum atomic E-state index is -0.258. The largest absolute Gasteiger partial charge is 0.369 e. The van der Waals surface area contributed by atoms with Crippen LogP contribution < -0.4 is 16.2 Å². The quantitative estimate of drug-likeness (QED) is 0.389. The first-order valence-electron chi connectivity index (χ1n) is 8.96. The van der Waals surface area contributed by atoms with Gasteiger partial charge in [-0.3, -0.25) is 9.59 Å². The molecule has 3 aromatic heterocycles. The number of pyridine rings is 1. The van der Waals surface area contributed by atoms with Crippen LogP contribution in [-0.2, 0) is 6.54 Å². The molecule has 0 bridgehead atoms. The van der Waals surface area contributed by atoms with Gasteiger partial charge in [0.25, 0.3) is 5.91 Å². The highest BCUT2D eigenvalue weighted by atomic mass is 32.2. The number of hydrogen-bond donors (Lipinski definition) is 3. The maximum absolute atomic E-state index is 12.1. The predicted molar refractivity (Wildman–Crippen MR) is 110 cm³/mol. The molecule has 0 saturated heterocycles. The van der Waals surface area contributed by atoms with Gasteiger partial charge in [0.2, 0.25) is 5.56 Å². The molecule has 10 heteroatoms. The molecule has 0 spiro atoms. The first-order chi connectivity index (χ1) is 13.5. The van der Waals surface area contributed by atoms with Crippen LogP contribution in [0.4, 0.5) is 5.82 Å². The smallest absolute Gasteiger partial charge is 0.252 e. The monoisotopic (exact) mass is 401 g/mol.